The first kappa shape index (κ1) is 13.1. The molecule has 1 rings (SSSR count). The molecule has 5 heteroatoms. The monoisotopic (exact) mass is 229 g/mol. The molecule has 1 aliphatic rings. The van der Waals surface area contributed by atoms with Gasteiger partial charge in [0.15, 0.2) is 12.8 Å². The van der Waals surface area contributed by atoms with Crippen molar-refractivity contribution in [3.63, 3.8) is 0 Å². The molecular weight excluding hydrogens is 208 g/mol. The average Bonchev–Trinajstić information content (AvgIpc) is 2.15. The number of aliphatic hydroxyl groups is 1. The van der Waals surface area contributed by atoms with E-state index in [9.17, 15) is 9.90 Å². The van der Waals surface area contributed by atoms with Crippen LogP contribution in [-0.4, -0.2) is 52.8 Å². The van der Waals surface area contributed by atoms with Gasteiger partial charge in [0, 0.05) is 0 Å². The molecule has 0 aromatic rings. The van der Waals surface area contributed by atoms with Crippen LogP contribution in [0.15, 0.2) is 0 Å². The van der Waals surface area contributed by atoms with Gasteiger partial charge < -0.3 is 9.84 Å². The van der Waals surface area contributed by atoms with Crippen molar-refractivity contribution in [1.82, 2.24) is 5.32 Å². The van der Waals surface area contributed by atoms with Gasteiger partial charge >= 0.3 is 6.09 Å². The van der Waals surface area contributed by atoms with Crippen molar-refractivity contribution in [3.05, 3.63) is 0 Å². The molecule has 0 saturated carbocycles. The number of nitrogens with zero attached hydrogens (tertiary/aromatic N) is 1. The van der Waals surface area contributed by atoms with Crippen LogP contribution in [0.2, 0.25) is 0 Å². The van der Waals surface area contributed by atoms with Gasteiger partial charge in [0.05, 0.1) is 18.7 Å². The molecule has 1 heterocycles. The number of nitrogens with one attached hydrogen (secondary N) is 1. The van der Waals surface area contributed by atoms with Gasteiger partial charge in [-0.1, -0.05) is 0 Å². The van der Waals surface area contributed by atoms with Crippen molar-refractivity contribution in [1.29, 1.82) is 0 Å². The maximum atomic E-state index is 11.7. The highest BCUT2D eigenvalue weighted by Crippen LogP contribution is 2.09. The molecule has 0 radical (unpaired) electrons. The largest absolute Gasteiger partial charge is 0.596 e. The van der Waals surface area contributed by atoms with Crippen LogP contribution in [0.1, 0.15) is 27.7 Å². The van der Waals surface area contributed by atoms with Crippen LogP contribution in [0.5, 0.6) is 0 Å². The smallest absolute Gasteiger partial charge is 0.406 e. The van der Waals surface area contributed by atoms with Gasteiger partial charge in [-0.3, -0.25) is 5.32 Å². The molecule has 92 valence electrons. The van der Waals surface area contributed by atoms with Crippen molar-refractivity contribution < 1.29 is 19.2 Å². The van der Waals surface area contributed by atoms with Crippen molar-refractivity contribution in [2.24, 2.45) is 0 Å². The van der Waals surface area contributed by atoms with Gasteiger partial charge in [-0.15, -0.1) is 4.58 Å². The molecule has 0 aromatic heterocycles. The number of hydrogen-bond acceptors (Lipinski definition) is 4. The Morgan fingerprint density at radius 2 is 2.25 bits per heavy atom. The first-order valence-corrected chi connectivity index (χ1v) is 5.54. The highest BCUT2D eigenvalue weighted by atomic mass is 16.6. The molecule has 2 unspecified atom stereocenters. The first-order valence-electron chi connectivity index (χ1n) is 5.54. The molecule has 0 bridgehead atoms. The van der Waals surface area contributed by atoms with Crippen LogP contribution in [0, 0.1) is 0 Å². The standard InChI is InChI=1S/C11H21N2O3/c1-8(14)9-7-13(6-5-12-9)10(15)16-11(2,3)4/h6,8-9,12,14H,5,7H2,1-4H3/q+1. The van der Waals surface area contributed by atoms with E-state index in [1.54, 1.807) is 13.1 Å². The fourth-order valence-electron chi connectivity index (χ4n) is 1.46. The van der Waals surface area contributed by atoms with Crippen LogP contribution in [-0.2, 0) is 4.74 Å². The average molecular weight is 229 g/mol. The van der Waals surface area contributed by atoms with Crippen molar-refractivity contribution in [2.45, 2.75) is 45.4 Å². The lowest BCUT2D eigenvalue weighted by molar-refractivity contribution is -0.457. The Kier molecular flexibility index (Phi) is 4.04. The summed E-state index contributed by atoms with van der Waals surface area (Å²) in [5.74, 6) is 0. The number of rotatable bonds is 1. The number of carbonyl (C=O) groups is 1. The van der Waals surface area contributed by atoms with Crippen LogP contribution in [0.3, 0.4) is 0 Å². The van der Waals surface area contributed by atoms with Gasteiger partial charge in [-0.05, 0) is 27.7 Å². The zero-order chi connectivity index (χ0) is 12.3. The lowest BCUT2D eigenvalue weighted by atomic mass is 10.1. The Hall–Kier alpha value is -0.940. The molecule has 0 aromatic carbocycles. The van der Waals surface area contributed by atoms with Gasteiger partial charge in [0.25, 0.3) is 0 Å². The molecule has 0 fully saturated rings. The van der Waals surface area contributed by atoms with Gasteiger partial charge in [0.1, 0.15) is 5.60 Å². The molecular formula is C11H21N2O3+. The summed E-state index contributed by atoms with van der Waals surface area (Å²) in [5.41, 5.74) is -0.490. The second-order valence-electron chi connectivity index (χ2n) is 5.07. The molecule has 5 nitrogen and oxygen atoms in total. The number of amides is 1. The Labute approximate surface area is 96.1 Å². The summed E-state index contributed by atoms with van der Waals surface area (Å²) in [6, 6.07) is -0.0995. The van der Waals surface area contributed by atoms with E-state index in [0.717, 1.165) is 0 Å². The molecule has 1 amide bonds. The maximum Gasteiger partial charge on any atom is 0.596 e. The van der Waals surface area contributed by atoms with Crippen molar-refractivity contribution in [2.75, 3.05) is 13.1 Å². The Bertz CT molecular complexity index is 292. The highest BCUT2D eigenvalue weighted by molar-refractivity contribution is 5.67. The van der Waals surface area contributed by atoms with Crippen LogP contribution < -0.4 is 5.32 Å². The molecule has 0 aliphatic carbocycles. The molecule has 1 aliphatic heterocycles. The summed E-state index contributed by atoms with van der Waals surface area (Å²) in [7, 11) is 0. The first-order chi connectivity index (χ1) is 7.29. The normalized spacial score (nSPS) is 23.6. The molecule has 2 N–H and O–H groups in total. The van der Waals surface area contributed by atoms with Gasteiger partial charge in [0.2, 0.25) is 0 Å². The minimum absolute atomic E-state index is 0.0995. The minimum atomic E-state index is -0.490. The summed E-state index contributed by atoms with van der Waals surface area (Å²) in [6.07, 6.45) is 0.894. The third kappa shape index (κ3) is 3.90. The zero-order valence-corrected chi connectivity index (χ0v) is 10.4. The second-order valence-corrected chi connectivity index (χ2v) is 5.07. The van der Waals surface area contributed by atoms with Gasteiger partial charge in [-0.2, -0.15) is 4.79 Å². The van der Waals surface area contributed by atoms with Crippen molar-refractivity contribution >= 4 is 12.3 Å². The van der Waals surface area contributed by atoms with E-state index in [1.807, 2.05) is 20.8 Å². The fourth-order valence-corrected chi connectivity index (χ4v) is 1.46. The van der Waals surface area contributed by atoms with Gasteiger partial charge in [-0.25, -0.2) is 0 Å². The summed E-state index contributed by atoms with van der Waals surface area (Å²) < 4.78 is 6.76. The predicted octanol–water partition coefficient (Wildman–Crippen LogP) is 0.357. The number of aliphatic hydroxyl groups excluding tert-OH is 1. The van der Waals surface area contributed by atoms with E-state index in [1.165, 1.54) is 4.58 Å². The van der Waals surface area contributed by atoms with E-state index in [2.05, 4.69) is 5.32 Å². The van der Waals surface area contributed by atoms with Crippen molar-refractivity contribution in [3.8, 4) is 0 Å². The SMILES string of the molecule is CC(O)C1C[N+](C(=O)OC(C)(C)C)=CCN1. The Balaban J connectivity index is 2.60. The number of hydrogen-bond donors (Lipinski definition) is 2. The minimum Gasteiger partial charge on any atom is -0.406 e. The topological polar surface area (TPSA) is 61.6 Å². The Morgan fingerprint density at radius 3 is 2.75 bits per heavy atom. The maximum absolute atomic E-state index is 11.7. The number of carbonyl (C=O) groups excluding carboxylic acids is 1. The third-order valence-electron chi connectivity index (χ3n) is 2.30. The van der Waals surface area contributed by atoms with E-state index in [4.69, 9.17) is 4.74 Å². The van der Waals surface area contributed by atoms with E-state index in [0.29, 0.717) is 13.1 Å². The van der Waals surface area contributed by atoms with Crippen LogP contribution >= 0.6 is 0 Å². The lowest BCUT2D eigenvalue weighted by Gasteiger charge is -2.23. The summed E-state index contributed by atoms with van der Waals surface area (Å²) in [4.78, 5) is 11.7. The highest BCUT2D eigenvalue weighted by Gasteiger charge is 2.32. The fraction of sp³-hybridized carbons (Fsp3) is 0.818. The summed E-state index contributed by atoms with van der Waals surface area (Å²) in [6.45, 7) is 8.20. The number of ether oxygens (including phenoxy) is 1. The predicted molar refractivity (Wildman–Crippen MR) is 60.9 cm³/mol. The second kappa shape index (κ2) is 4.93. The summed E-state index contributed by atoms with van der Waals surface area (Å²) in [5, 5.41) is 12.6. The lowest BCUT2D eigenvalue weighted by Crippen LogP contribution is -2.52. The van der Waals surface area contributed by atoms with E-state index >= 15 is 0 Å². The van der Waals surface area contributed by atoms with E-state index < -0.39 is 11.7 Å². The quantitative estimate of drug-likeness (QED) is 0.637. The molecule has 16 heavy (non-hydrogen) atoms. The third-order valence-corrected chi connectivity index (χ3v) is 2.30. The van der Waals surface area contributed by atoms with Crippen LogP contribution in [0.25, 0.3) is 0 Å². The molecule has 0 spiro atoms. The Morgan fingerprint density at radius 1 is 1.62 bits per heavy atom. The zero-order valence-electron chi connectivity index (χ0n) is 10.4. The molecule has 0 saturated heterocycles. The molecule has 2 atom stereocenters. The van der Waals surface area contributed by atoms with Crippen LogP contribution in [0.4, 0.5) is 4.79 Å². The van der Waals surface area contributed by atoms with E-state index in [-0.39, 0.29) is 12.1 Å². The summed E-state index contributed by atoms with van der Waals surface area (Å²) >= 11 is 0.